The maximum atomic E-state index is 12.7. The topological polar surface area (TPSA) is 59.5 Å². The standard InChI is InChI=1S/C24H26N2O3S/c1-16-24(30(2,27)28)23(26-10-12-29-13-11-26)21-14-18(8-9-22(21)25-16)20-15-19(20)17-6-4-3-5-7-17/h3-9,14,19-20H,10-13,15H2,1-2H3/t19-,20-/m0/s1. The van der Waals surface area contributed by atoms with Gasteiger partial charge in [-0.3, -0.25) is 4.98 Å². The average Bonchev–Trinajstić information content (AvgIpc) is 3.54. The van der Waals surface area contributed by atoms with E-state index >= 15 is 0 Å². The van der Waals surface area contributed by atoms with Gasteiger partial charge in [-0.25, -0.2) is 8.42 Å². The summed E-state index contributed by atoms with van der Waals surface area (Å²) in [4.78, 5) is 7.16. The number of benzene rings is 2. The van der Waals surface area contributed by atoms with Crippen molar-refractivity contribution in [1.82, 2.24) is 4.98 Å². The van der Waals surface area contributed by atoms with E-state index in [1.807, 2.05) is 12.1 Å². The number of fused-ring (bicyclic) bond motifs is 1. The Labute approximate surface area is 177 Å². The van der Waals surface area contributed by atoms with E-state index < -0.39 is 9.84 Å². The zero-order valence-corrected chi connectivity index (χ0v) is 18.2. The summed E-state index contributed by atoms with van der Waals surface area (Å²) >= 11 is 0. The van der Waals surface area contributed by atoms with Crippen LogP contribution in [0, 0.1) is 6.92 Å². The monoisotopic (exact) mass is 422 g/mol. The summed E-state index contributed by atoms with van der Waals surface area (Å²) in [5, 5.41) is 0.930. The zero-order chi connectivity index (χ0) is 20.9. The van der Waals surface area contributed by atoms with E-state index in [0.29, 0.717) is 48.7 Å². The van der Waals surface area contributed by atoms with Gasteiger partial charge in [0.2, 0.25) is 0 Å². The number of hydrogen-bond acceptors (Lipinski definition) is 5. The second-order valence-electron chi connectivity index (χ2n) is 8.38. The lowest BCUT2D eigenvalue weighted by Crippen LogP contribution is -2.37. The van der Waals surface area contributed by atoms with Crippen molar-refractivity contribution in [2.75, 3.05) is 37.5 Å². The van der Waals surface area contributed by atoms with Gasteiger partial charge < -0.3 is 9.64 Å². The van der Waals surface area contributed by atoms with Gasteiger partial charge in [0, 0.05) is 24.7 Å². The van der Waals surface area contributed by atoms with Crippen molar-refractivity contribution in [2.24, 2.45) is 0 Å². The van der Waals surface area contributed by atoms with E-state index in [1.165, 1.54) is 17.4 Å². The molecule has 1 saturated carbocycles. The Balaban J connectivity index is 1.64. The van der Waals surface area contributed by atoms with Crippen LogP contribution >= 0.6 is 0 Å². The molecule has 5 rings (SSSR count). The summed E-state index contributed by atoms with van der Waals surface area (Å²) in [6.45, 7) is 4.36. The van der Waals surface area contributed by atoms with Crippen LogP contribution in [-0.2, 0) is 14.6 Å². The van der Waals surface area contributed by atoms with E-state index in [1.54, 1.807) is 6.92 Å². The van der Waals surface area contributed by atoms with Crippen molar-refractivity contribution in [1.29, 1.82) is 0 Å². The highest BCUT2D eigenvalue weighted by atomic mass is 32.2. The Morgan fingerprint density at radius 2 is 1.70 bits per heavy atom. The van der Waals surface area contributed by atoms with Gasteiger partial charge in [-0.15, -0.1) is 0 Å². The highest BCUT2D eigenvalue weighted by Crippen LogP contribution is 2.55. The Kier molecular flexibility index (Phi) is 4.79. The first kappa shape index (κ1) is 19.5. The minimum atomic E-state index is -3.42. The van der Waals surface area contributed by atoms with Crippen LogP contribution in [0.2, 0.25) is 0 Å². The molecule has 1 saturated heterocycles. The molecule has 2 aliphatic rings. The SMILES string of the molecule is Cc1nc2ccc([C@@H]3C[C@H]3c3ccccc3)cc2c(N2CCOCC2)c1S(C)(=O)=O. The number of morpholine rings is 1. The Morgan fingerprint density at radius 1 is 1.00 bits per heavy atom. The van der Waals surface area contributed by atoms with Crippen molar-refractivity contribution in [3.63, 3.8) is 0 Å². The maximum Gasteiger partial charge on any atom is 0.179 e. The molecule has 0 unspecified atom stereocenters. The molecule has 0 bridgehead atoms. The van der Waals surface area contributed by atoms with E-state index in [0.717, 1.165) is 23.0 Å². The molecule has 30 heavy (non-hydrogen) atoms. The third-order valence-electron chi connectivity index (χ3n) is 6.25. The molecule has 0 radical (unpaired) electrons. The molecule has 156 valence electrons. The predicted molar refractivity (Wildman–Crippen MR) is 119 cm³/mol. The van der Waals surface area contributed by atoms with Crippen molar-refractivity contribution in [2.45, 2.75) is 30.1 Å². The molecule has 2 atom stereocenters. The molecule has 2 fully saturated rings. The van der Waals surface area contributed by atoms with Crippen LogP contribution in [0.15, 0.2) is 53.4 Å². The summed E-state index contributed by atoms with van der Waals surface area (Å²) in [6.07, 6.45) is 2.41. The first-order valence-corrected chi connectivity index (χ1v) is 12.3. The number of hydrogen-bond donors (Lipinski definition) is 0. The molecule has 3 aromatic rings. The molecule has 1 aliphatic carbocycles. The quantitative estimate of drug-likeness (QED) is 0.635. The van der Waals surface area contributed by atoms with E-state index in [-0.39, 0.29) is 0 Å². The van der Waals surface area contributed by atoms with Crippen LogP contribution in [-0.4, -0.2) is 46.0 Å². The summed E-state index contributed by atoms with van der Waals surface area (Å²) < 4.78 is 31.0. The van der Waals surface area contributed by atoms with Crippen molar-refractivity contribution >= 4 is 26.4 Å². The molecule has 2 heterocycles. The van der Waals surface area contributed by atoms with Crippen molar-refractivity contribution < 1.29 is 13.2 Å². The first-order valence-electron chi connectivity index (χ1n) is 10.5. The molecule has 6 heteroatoms. The number of nitrogens with zero attached hydrogens (tertiary/aromatic N) is 2. The lowest BCUT2D eigenvalue weighted by Gasteiger charge is -2.31. The molecule has 1 aromatic heterocycles. The molecule has 0 spiro atoms. The summed E-state index contributed by atoms with van der Waals surface area (Å²) in [5.74, 6) is 1.00. The van der Waals surface area contributed by atoms with Gasteiger partial charge in [0.15, 0.2) is 9.84 Å². The second kappa shape index (κ2) is 7.36. The third kappa shape index (κ3) is 3.48. The van der Waals surface area contributed by atoms with Crippen LogP contribution in [0.3, 0.4) is 0 Å². The first-order chi connectivity index (χ1) is 14.4. The minimum Gasteiger partial charge on any atom is -0.378 e. The highest BCUT2D eigenvalue weighted by Gasteiger charge is 2.39. The van der Waals surface area contributed by atoms with Gasteiger partial charge in [0.05, 0.1) is 30.1 Å². The number of anilines is 1. The number of aromatic nitrogens is 1. The van der Waals surface area contributed by atoms with Gasteiger partial charge in [-0.1, -0.05) is 36.4 Å². The predicted octanol–water partition coefficient (Wildman–Crippen LogP) is 4.05. The van der Waals surface area contributed by atoms with Crippen molar-refractivity contribution in [3.8, 4) is 0 Å². The number of ether oxygens (including phenoxy) is 1. The van der Waals surface area contributed by atoms with Crippen LogP contribution < -0.4 is 4.90 Å². The number of aryl methyl sites for hydroxylation is 1. The average molecular weight is 423 g/mol. The third-order valence-corrected chi connectivity index (χ3v) is 7.48. The fourth-order valence-electron chi connectivity index (χ4n) is 4.77. The molecule has 0 N–H and O–H groups in total. The largest absolute Gasteiger partial charge is 0.378 e. The lowest BCUT2D eigenvalue weighted by atomic mass is 10.0. The Bertz CT molecular complexity index is 1200. The smallest absolute Gasteiger partial charge is 0.179 e. The molecular formula is C24H26N2O3S. The molecule has 2 aromatic carbocycles. The Hall–Kier alpha value is -2.44. The van der Waals surface area contributed by atoms with Gasteiger partial charge in [-0.05, 0) is 48.4 Å². The number of rotatable bonds is 4. The molecule has 0 amide bonds. The van der Waals surface area contributed by atoms with Crippen LogP contribution in [0.4, 0.5) is 5.69 Å². The van der Waals surface area contributed by atoms with E-state index in [2.05, 4.69) is 46.3 Å². The van der Waals surface area contributed by atoms with Gasteiger partial charge in [0.25, 0.3) is 0 Å². The van der Waals surface area contributed by atoms with Gasteiger partial charge >= 0.3 is 0 Å². The molecule has 1 aliphatic heterocycles. The number of sulfone groups is 1. The van der Waals surface area contributed by atoms with Gasteiger partial charge in [0.1, 0.15) is 4.90 Å². The van der Waals surface area contributed by atoms with Crippen LogP contribution in [0.5, 0.6) is 0 Å². The van der Waals surface area contributed by atoms with Crippen LogP contribution in [0.25, 0.3) is 10.9 Å². The number of pyridine rings is 1. The highest BCUT2D eigenvalue weighted by molar-refractivity contribution is 7.91. The minimum absolute atomic E-state index is 0.351. The fraction of sp³-hybridized carbons (Fsp3) is 0.375. The lowest BCUT2D eigenvalue weighted by molar-refractivity contribution is 0.122. The van der Waals surface area contributed by atoms with E-state index in [4.69, 9.17) is 4.74 Å². The summed E-state index contributed by atoms with van der Waals surface area (Å²) in [6, 6.07) is 17.0. The second-order valence-corrected chi connectivity index (χ2v) is 10.3. The Morgan fingerprint density at radius 3 is 2.40 bits per heavy atom. The zero-order valence-electron chi connectivity index (χ0n) is 17.3. The maximum absolute atomic E-state index is 12.7. The van der Waals surface area contributed by atoms with E-state index in [9.17, 15) is 8.42 Å². The van der Waals surface area contributed by atoms with Crippen molar-refractivity contribution in [3.05, 3.63) is 65.4 Å². The normalized spacial score (nSPS) is 21.7. The summed E-state index contributed by atoms with van der Waals surface area (Å²) in [5.41, 5.74) is 4.84. The molecular weight excluding hydrogens is 396 g/mol. The van der Waals surface area contributed by atoms with Crippen LogP contribution in [0.1, 0.15) is 35.1 Å². The fourth-order valence-corrected chi connectivity index (χ4v) is 5.95. The van der Waals surface area contributed by atoms with Gasteiger partial charge in [-0.2, -0.15) is 0 Å². The summed E-state index contributed by atoms with van der Waals surface area (Å²) in [7, 11) is -3.42. The molecule has 5 nitrogen and oxygen atoms in total.